The van der Waals surface area contributed by atoms with Gasteiger partial charge in [-0.2, -0.15) is 0 Å². The van der Waals surface area contributed by atoms with Crippen LogP contribution in [0.2, 0.25) is 6.86 Å². The molecule has 3 rings (SSSR count). The average molecular weight is 544 g/mol. The van der Waals surface area contributed by atoms with Gasteiger partial charge in [0.25, 0.3) is 0 Å². The molecule has 1 aliphatic rings. The monoisotopic (exact) mass is 546 g/mol. The molecule has 0 heterocycles. The molecule has 0 atom stereocenters. The van der Waals surface area contributed by atoms with Crippen molar-refractivity contribution in [2.24, 2.45) is 0 Å². The second kappa shape index (κ2) is 6.58. The Hall–Kier alpha value is 0.0374. The average Bonchev–Trinajstić information content (AvgIpc) is 2.64. The topological polar surface area (TPSA) is 0 Å². The fraction of sp³-hybridized carbons (Fsp3) is 0.478. The summed E-state index contributed by atoms with van der Waals surface area (Å²) in [4.78, 5) is 0. The molecule has 0 amide bonds. The van der Waals surface area contributed by atoms with Crippen LogP contribution in [0.4, 0.5) is 0 Å². The summed E-state index contributed by atoms with van der Waals surface area (Å²) in [5, 5.41) is 0. The molecule has 130 valence electrons. The van der Waals surface area contributed by atoms with E-state index in [-0.39, 0.29) is 5.41 Å². The van der Waals surface area contributed by atoms with Gasteiger partial charge in [0.2, 0.25) is 0 Å². The van der Waals surface area contributed by atoms with E-state index in [1.807, 2.05) is 0 Å². The Bertz CT molecular complexity index is 734. The van der Waals surface area contributed by atoms with E-state index in [2.05, 4.69) is 91.8 Å². The van der Waals surface area contributed by atoms with Gasteiger partial charge in [-0.3, -0.25) is 0 Å². The quantitative estimate of drug-likeness (QED) is 0.463. The molecule has 25 heavy (non-hydrogen) atoms. The standard InChI is InChI=1S/C15H12.2C4H9.2Sn/c1-15(2)13-9-5-3-7-11(13)12-8-4-6-10-14(12)15;2*1-4(2)3;;/h3-4,7-10H,1-2H3;2*1-3H3;;. The van der Waals surface area contributed by atoms with E-state index in [1.54, 1.807) is 18.3 Å². The van der Waals surface area contributed by atoms with Crippen LogP contribution in [0, 0.1) is 0 Å². The molecule has 0 aromatic heterocycles. The summed E-state index contributed by atoms with van der Waals surface area (Å²) in [5.41, 5.74) is 6.21. The third-order valence-corrected chi connectivity index (χ3v) is 12.4. The molecule has 2 aromatic rings. The normalized spacial score (nSPS) is 15.8. The second-order valence-electron chi connectivity index (χ2n) is 9.90. The molecule has 0 unspecified atom stereocenters. The molecule has 2 aromatic carbocycles. The summed E-state index contributed by atoms with van der Waals surface area (Å²) in [7, 11) is 0. The molecular weight excluding hydrogens is 514 g/mol. The second-order valence-corrected chi connectivity index (χ2v) is 23.2. The number of hydrogen-bond donors (Lipinski definition) is 0. The Morgan fingerprint density at radius 2 is 1.00 bits per heavy atom. The van der Waals surface area contributed by atoms with Crippen molar-refractivity contribution < 1.29 is 0 Å². The first-order chi connectivity index (χ1) is 11.4. The summed E-state index contributed by atoms with van der Waals surface area (Å²) in [6.45, 7) is 19.2. The summed E-state index contributed by atoms with van der Waals surface area (Å²) < 4.78 is 4.28. The van der Waals surface area contributed by atoms with Crippen LogP contribution in [0.1, 0.15) is 66.5 Å². The van der Waals surface area contributed by atoms with Crippen LogP contribution in [0.15, 0.2) is 36.4 Å². The van der Waals surface area contributed by atoms with E-state index >= 15 is 0 Å². The van der Waals surface area contributed by atoms with E-state index in [1.165, 1.54) is 11.1 Å². The molecule has 2 heteroatoms. The van der Waals surface area contributed by atoms with Crippen molar-refractivity contribution in [1.29, 1.82) is 0 Å². The van der Waals surface area contributed by atoms with Crippen molar-refractivity contribution in [3.05, 3.63) is 47.5 Å². The minimum absolute atomic E-state index is 0.144. The first-order valence-corrected chi connectivity index (χ1v) is 14.9. The van der Waals surface area contributed by atoms with E-state index in [4.69, 9.17) is 0 Å². The van der Waals surface area contributed by atoms with Crippen molar-refractivity contribution in [1.82, 2.24) is 0 Å². The molecule has 0 saturated carbocycles. The number of fused-ring (bicyclic) bond motifs is 3. The van der Waals surface area contributed by atoms with Gasteiger partial charge in [0.1, 0.15) is 0 Å². The molecule has 0 N–H and O–H groups in total. The summed E-state index contributed by atoms with van der Waals surface area (Å²) >= 11 is -1.12. The maximum absolute atomic E-state index is 2.55. The SMILES string of the molecule is C[C](C)(C)[Sn][c]1ccc2c(c1)C(C)(C)c1c[c]([Sn][C](C)(C)C)ccc1-2. The van der Waals surface area contributed by atoms with Gasteiger partial charge >= 0.3 is 176 Å². The summed E-state index contributed by atoms with van der Waals surface area (Å²) in [6, 6.07) is 14.8. The van der Waals surface area contributed by atoms with Gasteiger partial charge in [-0.05, 0) is 0 Å². The zero-order chi connectivity index (χ0) is 18.6. The molecule has 1 aliphatic carbocycles. The molecule has 0 spiro atoms. The van der Waals surface area contributed by atoms with Crippen LogP contribution in [-0.4, -0.2) is 42.3 Å². The van der Waals surface area contributed by atoms with Gasteiger partial charge in [-0.15, -0.1) is 0 Å². The Morgan fingerprint density at radius 1 is 0.640 bits per heavy atom. The molecule has 0 bridgehead atoms. The third kappa shape index (κ3) is 4.31. The summed E-state index contributed by atoms with van der Waals surface area (Å²) in [5.74, 6) is 0. The van der Waals surface area contributed by atoms with Gasteiger partial charge in [0.15, 0.2) is 0 Å². The van der Waals surface area contributed by atoms with Crippen LogP contribution in [0.5, 0.6) is 0 Å². The van der Waals surface area contributed by atoms with Crippen molar-refractivity contribution in [2.75, 3.05) is 0 Å². The zero-order valence-electron chi connectivity index (χ0n) is 17.0. The molecule has 0 aliphatic heterocycles. The van der Waals surface area contributed by atoms with Crippen molar-refractivity contribution in [3.8, 4) is 11.1 Å². The maximum atomic E-state index is 2.55. The van der Waals surface area contributed by atoms with Crippen LogP contribution < -0.4 is 7.16 Å². The minimum atomic E-state index is -0.558. The predicted molar refractivity (Wildman–Crippen MR) is 114 cm³/mol. The van der Waals surface area contributed by atoms with Crippen molar-refractivity contribution >= 4 is 49.4 Å². The van der Waals surface area contributed by atoms with Gasteiger partial charge in [-0.25, -0.2) is 0 Å². The van der Waals surface area contributed by atoms with Gasteiger partial charge in [0.05, 0.1) is 0 Å². The van der Waals surface area contributed by atoms with Gasteiger partial charge in [0, 0.05) is 0 Å². The number of benzene rings is 2. The first-order valence-electron chi connectivity index (χ1n) is 9.23. The Balaban J connectivity index is 2.04. The number of hydrogen-bond acceptors (Lipinski definition) is 0. The predicted octanol–water partition coefficient (Wildman–Crippen LogP) is 5.09. The van der Waals surface area contributed by atoms with Crippen molar-refractivity contribution in [2.45, 2.75) is 67.7 Å². The molecule has 0 saturated heterocycles. The van der Waals surface area contributed by atoms with Gasteiger partial charge in [-0.1, -0.05) is 0 Å². The van der Waals surface area contributed by atoms with Crippen LogP contribution in [0.25, 0.3) is 11.1 Å². The molecular formula is C23H30Sn2. The van der Waals surface area contributed by atoms with Crippen molar-refractivity contribution in [3.63, 3.8) is 0 Å². The van der Waals surface area contributed by atoms with E-state index in [0.717, 1.165) is 0 Å². The van der Waals surface area contributed by atoms with E-state index in [9.17, 15) is 0 Å². The fourth-order valence-electron chi connectivity index (χ4n) is 3.76. The Kier molecular flexibility index (Phi) is 5.21. The zero-order valence-corrected chi connectivity index (χ0v) is 22.7. The van der Waals surface area contributed by atoms with E-state index < -0.39 is 42.3 Å². The number of rotatable bonds is 2. The molecule has 0 nitrogen and oxygen atoms in total. The van der Waals surface area contributed by atoms with Crippen LogP contribution in [0.3, 0.4) is 0 Å². The van der Waals surface area contributed by atoms with Crippen LogP contribution >= 0.6 is 0 Å². The Labute approximate surface area is 174 Å². The summed E-state index contributed by atoms with van der Waals surface area (Å²) in [6.07, 6.45) is 0. The van der Waals surface area contributed by atoms with Gasteiger partial charge < -0.3 is 0 Å². The molecule has 0 fully saturated rings. The third-order valence-electron chi connectivity index (χ3n) is 4.71. The fourth-order valence-corrected chi connectivity index (χ4v) is 10.9. The van der Waals surface area contributed by atoms with E-state index in [0.29, 0.717) is 6.86 Å². The molecule has 4 radical (unpaired) electrons. The van der Waals surface area contributed by atoms with Crippen LogP contribution in [-0.2, 0) is 5.41 Å². The Morgan fingerprint density at radius 3 is 1.32 bits per heavy atom. The first kappa shape index (κ1) is 19.8.